The maximum atomic E-state index is 12.5. The fourth-order valence-electron chi connectivity index (χ4n) is 3.33. The molecule has 0 atom stereocenters. The van der Waals surface area contributed by atoms with Crippen molar-refractivity contribution in [2.24, 2.45) is 7.05 Å². The summed E-state index contributed by atoms with van der Waals surface area (Å²) in [4.78, 5) is 35.9. The second-order valence-corrected chi connectivity index (χ2v) is 7.62. The molecule has 4 N–H and O–H groups in total. The van der Waals surface area contributed by atoms with Crippen molar-refractivity contribution in [2.45, 2.75) is 20.0 Å². The number of rotatable bonds is 7. The minimum Gasteiger partial charge on any atom is -0.337 e. The van der Waals surface area contributed by atoms with E-state index in [2.05, 4.69) is 30.9 Å². The number of aryl methyl sites for hydroxylation is 2. The standard InChI is InChI=1S/C24H25N7O2/c1-16-5-3-4-6-20(16)28-24(33)30-23-27-14-19(22(32)29-23)18-9-7-17(8-10-18)13-25-15-21-26-11-12-31(21)2/h3-12,14,25H,13,15H2,1-2H3,(H3,27,28,29,30,32,33). The van der Waals surface area contributed by atoms with E-state index in [1.807, 2.05) is 67.2 Å². The highest BCUT2D eigenvalue weighted by molar-refractivity contribution is 5.99. The molecule has 33 heavy (non-hydrogen) atoms. The van der Waals surface area contributed by atoms with Crippen molar-refractivity contribution in [1.82, 2.24) is 24.8 Å². The number of hydrogen-bond donors (Lipinski definition) is 4. The summed E-state index contributed by atoms with van der Waals surface area (Å²) in [6.45, 7) is 3.24. The molecule has 0 fully saturated rings. The first kappa shape index (κ1) is 22.0. The van der Waals surface area contributed by atoms with E-state index < -0.39 is 11.6 Å². The highest BCUT2D eigenvalue weighted by Gasteiger charge is 2.10. The molecule has 0 aliphatic heterocycles. The van der Waals surface area contributed by atoms with Crippen LogP contribution in [0.4, 0.5) is 16.4 Å². The number of hydrogen-bond acceptors (Lipinski definition) is 5. The Morgan fingerprint density at radius 2 is 1.85 bits per heavy atom. The minimum absolute atomic E-state index is 0.0740. The lowest BCUT2D eigenvalue weighted by Crippen LogP contribution is -2.23. The average molecular weight is 444 g/mol. The van der Waals surface area contributed by atoms with Gasteiger partial charge in [-0.3, -0.25) is 10.1 Å². The first-order valence-electron chi connectivity index (χ1n) is 10.5. The molecule has 9 heteroatoms. The molecule has 168 valence electrons. The van der Waals surface area contributed by atoms with Crippen molar-refractivity contribution in [1.29, 1.82) is 0 Å². The van der Waals surface area contributed by atoms with Crippen LogP contribution in [-0.4, -0.2) is 25.6 Å². The maximum absolute atomic E-state index is 12.5. The smallest absolute Gasteiger partial charge is 0.326 e. The van der Waals surface area contributed by atoms with Gasteiger partial charge < -0.3 is 20.2 Å². The second-order valence-electron chi connectivity index (χ2n) is 7.62. The van der Waals surface area contributed by atoms with Crippen LogP contribution in [0.15, 0.2) is 71.9 Å². The van der Waals surface area contributed by atoms with Crippen molar-refractivity contribution >= 4 is 17.7 Å². The molecule has 2 aromatic carbocycles. The van der Waals surface area contributed by atoms with E-state index in [1.165, 1.54) is 0 Å². The monoisotopic (exact) mass is 443 g/mol. The lowest BCUT2D eigenvalue weighted by Gasteiger charge is -2.09. The Hall–Kier alpha value is -4.24. The number of amides is 2. The molecule has 0 saturated carbocycles. The summed E-state index contributed by atoms with van der Waals surface area (Å²) in [5, 5.41) is 8.64. The normalized spacial score (nSPS) is 10.7. The highest BCUT2D eigenvalue weighted by Crippen LogP contribution is 2.16. The number of urea groups is 1. The SMILES string of the molecule is Cc1ccccc1NC(=O)Nc1nc(=O)c(-c2ccc(CNCc3nccn3C)cc2)c[nH]1. The average Bonchev–Trinajstić information content (AvgIpc) is 3.21. The molecule has 9 nitrogen and oxygen atoms in total. The first-order valence-corrected chi connectivity index (χ1v) is 10.5. The van der Waals surface area contributed by atoms with Crippen LogP contribution in [-0.2, 0) is 20.1 Å². The van der Waals surface area contributed by atoms with Crippen LogP contribution in [0.5, 0.6) is 0 Å². The highest BCUT2D eigenvalue weighted by atomic mass is 16.2. The third-order valence-corrected chi connectivity index (χ3v) is 5.22. The van der Waals surface area contributed by atoms with Crippen molar-refractivity contribution in [3.63, 3.8) is 0 Å². The lowest BCUT2D eigenvalue weighted by molar-refractivity contribution is 0.262. The van der Waals surface area contributed by atoms with Gasteiger partial charge in [0, 0.05) is 37.9 Å². The van der Waals surface area contributed by atoms with E-state index in [0.717, 1.165) is 22.5 Å². The molecule has 0 aliphatic rings. The van der Waals surface area contributed by atoms with E-state index in [1.54, 1.807) is 18.5 Å². The Kier molecular flexibility index (Phi) is 6.61. The zero-order valence-corrected chi connectivity index (χ0v) is 18.4. The third-order valence-electron chi connectivity index (χ3n) is 5.22. The molecule has 0 aliphatic carbocycles. The van der Waals surface area contributed by atoms with Gasteiger partial charge in [0.15, 0.2) is 0 Å². The van der Waals surface area contributed by atoms with Gasteiger partial charge in [-0.05, 0) is 29.7 Å². The molecule has 4 aromatic rings. The molecule has 2 amide bonds. The number of nitrogens with zero attached hydrogens (tertiary/aromatic N) is 3. The van der Waals surface area contributed by atoms with E-state index >= 15 is 0 Å². The molecule has 0 radical (unpaired) electrons. The number of imidazole rings is 1. The van der Waals surface area contributed by atoms with Crippen LogP contribution in [0.3, 0.4) is 0 Å². The number of nitrogens with one attached hydrogen (secondary N) is 4. The van der Waals surface area contributed by atoms with Crippen LogP contribution in [0.1, 0.15) is 17.0 Å². The molecule has 0 spiro atoms. The molecule has 4 rings (SSSR count). The number of para-hydroxylation sites is 1. The van der Waals surface area contributed by atoms with E-state index in [4.69, 9.17) is 0 Å². The first-order chi connectivity index (χ1) is 16.0. The molecule has 0 saturated heterocycles. The van der Waals surface area contributed by atoms with Crippen LogP contribution in [0.2, 0.25) is 0 Å². The van der Waals surface area contributed by atoms with Crippen molar-refractivity contribution in [3.8, 4) is 11.1 Å². The van der Waals surface area contributed by atoms with Gasteiger partial charge in [0.25, 0.3) is 5.56 Å². The molecule has 0 unspecified atom stereocenters. The summed E-state index contributed by atoms with van der Waals surface area (Å²) in [6.07, 6.45) is 5.23. The second kappa shape index (κ2) is 9.92. The van der Waals surface area contributed by atoms with Gasteiger partial charge >= 0.3 is 6.03 Å². The fraction of sp³-hybridized carbons (Fsp3) is 0.167. The largest absolute Gasteiger partial charge is 0.337 e. The number of H-pyrrole nitrogens is 1. The van der Waals surface area contributed by atoms with Crippen molar-refractivity contribution in [3.05, 3.63) is 94.4 Å². The summed E-state index contributed by atoms with van der Waals surface area (Å²) < 4.78 is 1.97. The Morgan fingerprint density at radius 3 is 2.55 bits per heavy atom. The number of benzene rings is 2. The van der Waals surface area contributed by atoms with Gasteiger partial charge in [-0.2, -0.15) is 4.98 Å². The van der Waals surface area contributed by atoms with E-state index in [-0.39, 0.29) is 5.95 Å². The Bertz CT molecular complexity index is 1310. The van der Waals surface area contributed by atoms with Gasteiger partial charge in [-0.15, -0.1) is 0 Å². The van der Waals surface area contributed by atoms with Gasteiger partial charge in [0.05, 0.1) is 12.1 Å². The Labute approximate surface area is 190 Å². The van der Waals surface area contributed by atoms with Gasteiger partial charge in [0.1, 0.15) is 5.82 Å². The predicted molar refractivity (Wildman–Crippen MR) is 128 cm³/mol. The summed E-state index contributed by atoms with van der Waals surface area (Å²) in [5.41, 5.74) is 3.44. The predicted octanol–water partition coefficient (Wildman–Crippen LogP) is 3.41. The van der Waals surface area contributed by atoms with Crippen LogP contribution in [0, 0.1) is 6.92 Å². The summed E-state index contributed by atoms with van der Waals surface area (Å²) in [7, 11) is 1.96. The Morgan fingerprint density at radius 1 is 1.06 bits per heavy atom. The summed E-state index contributed by atoms with van der Waals surface area (Å²) >= 11 is 0. The quantitative estimate of drug-likeness (QED) is 0.349. The maximum Gasteiger partial charge on any atom is 0.326 e. The number of anilines is 2. The third kappa shape index (κ3) is 5.52. The van der Waals surface area contributed by atoms with Crippen molar-refractivity contribution < 1.29 is 4.79 Å². The number of carbonyl (C=O) groups is 1. The van der Waals surface area contributed by atoms with Crippen LogP contribution in [0.25, 0.3) is 11.1 Å². The zero-order chi connectivity index (χ0) is 23.2. The van der Waals surface area contributed by atoms with Crippen LogP contribution >= 0.6 is 0 Å². The summed E-state index contributed by atoms with van der Waals surface area (Å²) in [6, 6.07) is 14.6. The number of carbonyl (C=O) groups excluding carboxylic acids is 1. The van der Waals surface area contributed by atoms with Gasteiger partial charge in [-0.25, -0.2) is 9.78 Å². The van der Waals surface area contributed by atoms with E-state index in [0.29, 0.717) is 24.3 Å². The molecule has 0 bridgehead atoms. The van der Waals surface area contributed by atoms with Gasteiger partial charge in [0.2, 0.25) is 5.95 Å². The summed E-state index contributed by atoms with van der Waals surface area (Å²) in [5.74, 6) is 1.04. The molecular weight excluding hydrogens is 418 g/mol. The Balaban J connectivity index is 1.36. The molecular formula is C24H25N7O2. The number of aromatic nitrogens is 4. The van der Waals surface area contributed by atoms with E-state index in [9.17, 15) is 9.59 Å². The molecule has 2 heterocycles. The van der Waals surface area contributed by atoms with Gasteiger partial charge in [-0.1, -0.05) is 42.5 Å². The zero-order valence-electron chi connectivity index (χ0n) is 18.4. The van der Waals surface area contributed by atoms with Crippen LogP contribution < -0.4 is 21.5 Å². The topological polar surface area (TPSA) is 117 Å². The molecule has 2 aromatic heterocycles. The van der Waals surface area contributed by atoms with Crippen molar-refractivity contribution in [2.75, 3.05) is 10.6 Å². The lowest BCUT2D eigenvalue weighted by atomic mass is 10.1. The number of aromatic amines is 1. The fourth-order valence-corrected chi connectivity index (χ4v) is 3.33. The minimum atomic E-state index is -0.484.